The fourth-order valence-electron chi connectivity index (χ4n) is 12.4. The highest BCUT2D eigenvalue weighted by atomic mass is 35.5. The molecule has 0 N–H and O–H groups in total. The molecule has 6 rings (SSSR count). The molecule has 9 atom stereocenters. The summed E-state index contributed by atoms with van der Waals surface area (Å²) in [7, 11) is 1.58. The van der Waals surface area contributed by atoms with Gasteiger partial charge in [0.15, 0.2) is 5.78 Å². The molecule has 5 aliphatic carbocycles. The van der Waals surface area contributed by atoms with Gasteiger partial charge in [0.2, 0.25) is 0 Å². The highest BCUT2D eigenvalue weighted by Crippen LogP contribution is 2.77. The van der Waals surface area contributed by atoms with Gasteiger partial charge in [0.25, 0.3) is 0 Å². The van der Waals surface area contributed by atoms with Crippen LogP contribution in [-0.2, 0) is 14.3 Å². The van der Waals surface area contributed by atoms with Crippen LogP contribution in [0.25, 0.3) is 6.08 Å². The van der Waals surface area contributed by atoms with Gasteiger partial charge in [-0.3, -0.25) is 9.59 Å². The van der Waals surface area contributed by atoms with Crippen molar-refractivity contribution in [2.45, 2.75) is 99.3 Å². The Labute approximate surface area is 258 Å². The van der Waals surface area contributed by atoms with Crippen LogP contribution >= 0.6 is 11.6 Å². The van der Waals surface area contributed by atoms with Gasteiger partial charge in [-0.25, -0.2) is 0 Å². The summed E-state index contributed by atoms with van der Waals surface area (Å²) in [5.41, 5.74) is 2.83. The molecule has 0 spiro atoms. The van der Waals surface area contributed by atoms with Crippen molar-refractivity contribution in [3.63, 3.8) is 0 Å². The number of ketones is 1. The van der Waals surface area contributed by atoms with Crippen LogP contribution in [0.1, 0.15) is 105 Å². The smallest absolute Gasteiger partial charge is 0.312 e. The van der Waals surface area contributed by atoms with E-state index < -0.39 is 5.41 Å². The van der Waals surface area contributed by atoms with Gasteiger partial charge >= 0.3 is 5.97 Å². The lowest BCUT2D eigenvalue weighted by atomic mass is 9.32. The molecule has 42 heavy (non-hydrogen) atoms. The van der Waals surface area contributed by atoms with Gasteiger partial charge in [0.1, 0.15) is 0 Å². The molecule has 0 heterocycles. The average Bonchev–Trinajstić information content (AvgIpc) is 3.34. The van der Waals surface area contributed by atoms with Crippen LogP contribution in [0.2, 0.25) is 5.02 Å². The number of carbonyl (C=O) groups excluding carboxylic acids is 2. The summed E-state index contributed by atoms with van der Waals surface area (Å²) in [6.07, 6.45) is 11.5. The molecule has 0 aliphatic heterocycles. The summed E-state index contributed by atoms with van der Waals surface area (Å²) >= 11 is 6.18. The van der Waals surface area contributed by atoms with E-state index in [1.165, 1.54) is 12.0 Å². The normalized spacial score (nSPS) is 44.9. The third-order valence-corrected chi connectivity index (χ3v) is 14.7. The van der Waals surface area contributed by atoms with E-state index in [4.69, 9.17) is 16.3 Å². The average molecular weight is 591 g/mol. The molecule has 5 aliphatic rings. The Morgan fingerprint density at radius 1 is 0.929 bits per heavy atom. The number of carbonyl (C=O) groups is 2. The largest absolute Gasteiger partial charge is 0.469 e. The third-order valence-electron chi connectivity index (χ3n) is 14.5. The van der Waals surface area contributed by atoms with Crippen molar-refractivity contribution in [2.75, 3.05) is 7.11 Å². The van der Waals surface area contributed by atoms with Crippen LogP contribution in [0.5, 0.6) is 0 Å². The molecule has 4 heteroatoms. The molecule has 0 amide bonds. The third kappa shape index (κ3) is 3.90. The summed E-state index contributed by atoms with van der Waals surface area (Å²) in [4.78, 5) is 27.6. The minimum absolute atomic E-state index is 0.0192. The maximum Gasteiger partial charge on any atom is 0.312 e. The Morgan fingerprint density at radius 2 is 1.62 bits per heavy atom. The summed E-state index contributed by atoms with van der Waals surface area (Å²) in [5.74, 6) is 2.42. The Bertz CT molecular complexity index is 1340. The highest BCUT2D eigenvalue weighted by Gasteiger charge is 2.72. The summed E-state index contributed by atoms with van der Waals surface area (Å²) < 4.78 is 5.54. The molecule has 1 aromatic rings. The lowest BCUT2D eigenvalue weighted by molar-refractivity contribution is -0.232. The Balaban J connectivity index is 1.41. The van der Waals surface area contributed by atoms with E-state index in [1.54, 1.807) is 7.11 Å². The van der Waals surface area contributed by atoms with Crippen LogP contribution in [-0.4, -0.2) is 18.9 Å². The van der Waals surface area contributed by atoms with Crippen LogP contribution in [0.3, 0.4) is 0 Å². The molecule has 0 radical (unpaired) electrons. The van der Waals surface area contributed by atoms with Gasteiger partial charge in [-0.1, -0.05) is 70.5 Å². The number of hydrogen-bond acceptors (Lipinski definition) is 3. The maximum absolute atomic E-state index is 14.1. The number of ether oxygens (including phenoxy) is 1. The first-order valence-corrected chi connectivity index (χ1v) is 16.8. The minimum atomic E-state index is -0.395. The molecular formula is C38H51ClO3. The highest BCUT2D eigenvalue weighted by molar-refractivity contribution is 6.30. The van der Waals surface area contributed by atoms with E-state index in [9.17, 15) is 9.59 Å². The second-order valence-electron chi connectivity index (χ2n) is 16.3. The second kappa shape index (κ2) is 9.82. The van der Waals surface area contributed by atoms with E-state index in [0.29, 0.717) is 40.4 Å². The fraction of sp³-hybridized carbons (Fsp3) is 0.684. The van der Waals surface area contributed by atoms with E-state index in [0.717, 1.165) is 62.5 Å². The maximum atomic E-state index is 14.1. The topological polar surface area (TPSA) is 43.4 Å². The number of halogens is 1. The predicted octanol–water partition coefficient (Wildman–Crippen LogP) is 9.73. The SMILES string of the molecule is C=C(C)[C@@H]1CC[C@]2(C(=O)OC)CC[C@]3(C)[C@H](CC[C@@H]4[C@@]5(C)C/C(=C/c6ccc(Cl)cc6)C(=O)C(C)(C)[C@@H]5CC[C@]43C)[C@H]12. The number of benzene rings is 1. The first kappa shape index (κ1) is 30.2. The number of esters is 1. The monoisotopic (exact) mass is 590 g/mol. The lowest BCUT2D eigenvalue weighted by Gasteiger charge is -2.72. The Hall–Kier alpha value is -1.87. The zero-order chi connectivity index (χ0) is 30.5. The first-order valence-electron chi connectivity index (χ1n) is 16.4. The molecular weight excluding hydrogens is 540 g/mol. The molecule has 5 fully saturated rings. The fourth-order valence-corrected chi connectivity index (χ4v) is 12.6. The van der Waals surface area contributed by atoms with Gasteiger partial charge < -0.3 is 4.74 Å². The molecule has 5 saturated carbocycles. The van der Waals surface area contributed by atoms with Crippen molar-refractivity contribution in [3.05, 3.63) is 52.6 Å². The molecule has 228 valence electrons. The summed E-state index contributed by atoms with van der Waals surface area (Å²) in [6.45, 7) is 18.8. The number of hydrogen-bond donors (Lipinski definition) is 0. The van der Waals surface area contributed by atoms with Crippen molar-refractivity contribution in [3.8, 4) is 0 Å². The zero-order valence-electron chi connectivity index (χ0n) is 26.9. The standard InChI is InChI=1S/C38H51ClO3/c1-23(2)27-15-18-38(33(41)42-8)20-19-36(6)28(31(27)38)13-14-30-35(5)22-25(21-24-9-11-26(39)12-10-24)32(40)34(3,4)29(35)16-17-37(30,36)7/h9-12,21,27-31H,1,13-20,22H2,2-8H3/b25-21-/t27-,28+,29-,30+,31-,35-,36+,37+,38-/m0/s1. The number of allylic oxidation sites excluding steroid dienone is 2. The van der Waals surface area contributed by atoms with E-state index in [1.807, 2.05) is 24.3 Å². The Kier molecular flexibility index (Phi) is 7.05. The zero-order valence-corrected chi connectivity index (χ0v) is 27.7. The number of fused-ring (bicyclic) bond motifs is 7. The van der Waals surface area contributed by atoms with Crippen LogP contribution in [0.15, 0.2) is 42.0 Å². The summed E-state index contributed by atoms with van der Waals surface area (Å²) in [6, 6.07) is 7.87. The van der Waals surface area contributed by atoms with Crippen molar-refractivity contribution in [1.29, 1.82) is 0 Å². The number of rotatable bonds is 3. The molecule has 3 nitrogen and oxygen atoms in total. The van der Waals surface area contributed by atoms with E-state index in [2.05, 4.69) is 54.2 Å². The van der Waals surface area contributed by atoms with Gasteiger partial charge in [-0.2, -0.15) is 0 Å². The van der Waals surface area contributed by atoms with Crippen LogP contribution < -0.4 is 0 Å². The van der Waals surface area contributed by atoms with Crippen molar-refractivity contribution >= 4 is 29.4 Å². The minimum Gasteiger partial charge on any atom is -0.469 e. The van der Waals surface area contributed by atoms with Crippen molar-refractivity contribution in [2.24, 2.45) is 56.7 Å². The number of methoxy groups -OCH3 is 1. The Morgan fingerprint density at radius 3 is 2.26 bits per heavy atom. The van der Waals surface area contributed by atoms with Gasteiger partial charge in [0, 0.05) is 10.4 Å². The quantitative estimate of drug-likeness (QED) is 0.200. The van der Waals surface area contributed by atoms with Gasteiger partial charge in [-0.05, 0) is 140 Å². The lowest BCUT2D eigenvalue weighted by Crippen LogP contribution is -2.67. The van der Waals surface area contributed by atoms with Gasteiger partial charge in [-0.15, -0.1) is 0 Å². The second-order valence-corrected chi connectivity index (χ2v) is 16.7. The molecule has 0 aromatic heterocycles. The van der Waals surface area contributed by atoms with Crippen molar-refractivity contribution in [1.82, 2.24) is 0 Å². The van der Waals surface area contributed by atoms with Crippen LogP contribution in [0, 0.1) is 56.7 Å². The molecule has 0 saturated heterocycles. The number of Topliss-reactive ketones (excluding diaryl/α,β-unsaturated/α-hetero) is 1. The first-order chi connectivity index (χ1) is 19.7. The predicted molar refractivity (Wildman–Crippen MR) is 171 cm³/mol. The molecule has 0 bridgehead atoms. The van der Waals surface area contributed by atoms with E-state index in [-0.39, 0.29) is 27.6 Å². The summed E-state index contributed by atoms with van der Waals surface area (Å²) in [5, 5.41) is 0.715. The molecule has 1 aromatic carbocycles. The van der Waals surface area contributed by atoms with Crippen molar-refractivity contribution < 1.29 is 14.3 Å². The van der Waals surface area contributed by atoms with Gasteiger partial charge in [0.05, 0.1) is 12.5 Å². The van der Waals surface area contributed by atoms with E-state index >= 15 is 0 Å². The molecule has 0 unspecified atom stereocenters. The van der Waals surface area contributed by atoms with Crippen LogP contribution in [0.4, 0.5) is 0 Å².